The van der Waals surface area contributed by atoms with Crippen molar-refractivity contribution in [2.24, 2.45) is 0 Å². The van der Waals surface area contributed by atoms with E-state index in [0.717, 1.165) is 34.9 Å². The van der Waals surface area contributed by atoms with Crippen LogP contribution in [0.4, 0.5) is 5.82 Å². The second-order valence-corrected chi connectivity index (χ2v) is 4.73. The van der Waals surface area contributed by atoms with E-state index in [9.17, 15) is 0 Å². The molecule has 0 amide bonds. The Morgan fingerprint density at radius 2 is 2.00 bits per heavy atom. The van der Waals surface area contributed by atoms with E-state index in [0.29, 0.717) is 0 Å². The first-order chi connectivity index (χ1) is 9.33. The number of aryl methyl sites for hydroxylation is 1. The van der Waals surface area contributed by atoms with E-state index in [-0.39, 0.29) is 0 Å². The molecule has 3 heteroatoms. The predicted octanol–water partition coefficient (Wildman–Crippen LogP) is 3.78. The van der Waals surface area contributed by atoms with Crippen LogP contribution < -0.4 is 5.32 Å². The fourth-order valence-electron chi connectivity index (χ4n) is 2.53. The van der Waals surface area contributed by atoms with Crippen molar-refractivity contribution in [3.8, 4) is 0 Å². The highest BCUT2D eigenvalue weighted by atomic mass is 15.0. The molecule has 2 heterocycles. The molecule has 0 aliphatic carbocycles. The van der Waals surface area contributed by atoms with Gasteiger partial charge in [-0.05, 0) is 24.1 Å². The molecular weight excluding hydrogens is 234 g/mol. The highest BCUT2D eigenvalue weighted by molar-refractivity contribution is 6.05. The van der Waals surface area contributed by atoms with Crippen molar-refractivity contribution in [2.45, 2.75) is 19.8 Å². The van der Waals surface area contributed by atoms with Crippen LogP contribution in [0.3, 0.4) is 0 Å². The summed E-state index contributed by atoms with van der Waals surface area (Å²) in [4.78, 5) is 8.97. The molecule has 3 aromatic rings. The van der Waals surface area contributed by atoms with Crippen molar-refractivity contribution in [3.63, 3.8) is 0 Å². The first-order valence-corrected chi connectivity index (χ1v) is 6.67. The van der Waals surface area contributed by atoms with Gasteiger partial charge in [0.25, 0.3) is 0 Å². The maximum Gasteiger partial charge on any atom is 0.129 e. The molecule has 1 aromatic carbocycles. The predicted molar refractivity (Wildman–Crippen MR) is 80.6 cm³/mol. The van der Waals surface area contributed by atoms with E-state index in [4.69, 9.17) is 4.98 Å². The van der Waals surface area contributed by atoms with E-state index in [1.807, 2.05) is 25.5 Å². The molecule has 0 aliphatic rings. The standard InChI is InChI=1S/C16H17N3/c1-3-4-12-9-11-5-6-13-10-18-8-7-14(13)15(11)19-16(12)17-2/h5-10H,3-4H2,1-2H3,(H,17,19). The van der Waals surface area contributed by atoms with E-state index in [1.165, 1.54) is 10.9 Å². The van der Waals surface area contributed by atoms with Crippen molar-refractivity contribution >= 4 is 27.5 Å². The van der Waals surface area contributed by atoms with Crippen LogP contribution in [0.25, 0.3) is 21.7 Å². The van der Waals surface area contributed by atoms with Crippen LogP contribution in [0.2, 0.25) is 0 Å². The fraction of sp³-hybridized carbons (Fsp3) is 0.250. The first kappa shape index (κ1) is 11.9. The summed E-state index contributed by atoms with van der Waals surface area (Å²) in [6.45, 7) is 2.19. The van der Waals surface area contributed by atoms with Crippen LogP contribution in [-0.4, -0.2) is 17.0 Å². The first-order valence-electron chi connectivity index (χ1n) is 6.67. The number of hydrogen-bond donors (Lipinski definition) is 1. The van der Waals surface area contributed by atoms with Crippen molar-refractivity contribution < 1.29 is 0 Å². The topological polar surface area (TPSA) is 37.8 Å². The van der Waals surface area contributed by atoms with Crippen LogP contribution >= 0.6 is 0 Å². The maximum atomic E-state index is 4.80. The molecule has 0 saturated heterocycles. The molecular formula is C16H17N3. The van der Waals surface area contributed by atoms with E-state index < -0.39 is 0 Å². The minimum atomic E-state index is 0.985. The summed E-state index contributed by atoms with van der Waals surface area (Å²) in [6, 6.07) is 8.52. The molecule has 0 radical (unpaired) electrons. The Morgan fingerprint density at radius 1 is 1.16 bits per heavy atom. The van der Waals surface area contributed by atoms with E-state index >= 15 is 0 Å². The number of benzene rings is 1. The average molecular weight is 251 g/mol. The molecule has 0 atom stereocenters. The third-order valence-corrected chi connectivity index (χ3v) is 3.44. The molecule has 19 heavy (non-hydrogen) atoms. The van der Waals surface area contributed by atoms with Gasteiger partial charge in [-0.1, -0.05) is 25.5 Å². The van der Waals surface area contributed by atoms with Gasteiger partial charge in [0, 0.05) is 35.6 Å². The quantitative estimate of drug-likeness (QED) is 0.720. The number of pyridine rings is 2. The summed E-state index contributed by atoms with van der Waals surface area (Å²) >= 11 is 0. The summed E-state index contributed by atoms with van der Waals surface area (Å²) in [5, 5.41) is 6.70. The molecule has 3 rings (SSSR count). The number of nitrogens with one attached hydrogen (secondary N) is 1. The Kier molecular flexibility index (Phi) is 3.03. The number of nitrogens with zero attached hydrogens (tertiary/aromatic N) is 2. The van der Waals surface area contributed by atoms with E-state index in [2.05, 4.69) is 35.4 Å². The Hall–Kier alpha value is -2.16. The third-order valence-electron chi connectivity index (χ3n) is 3.44. The Balaban J connectivity index is 2.34. The Labute approximate surface area is 112 Å². The zero-order valence-corrected chi connectivity index (χ0v) is 11.3. The smallest absolute Gasteiger partial charge is 0.129 e. The molecule has 0 fully saturated rings. The van der Waals surface area contributed by atoms with Gasteiger partial charge in [0.2, 0.25) is 0 Å². The van der Waals surface area contributed by atoms with Crippen LogP contribution in [0.5, 0.6) is 0 Å². The molecule has 0 saturated carbocycles. The number of fused-ring (bicyclic) bond motifs is 3. The molecule has 2 aromatic heterocycles. The Morgan fingerprint density at radius 3 is 2.79 bits per heavy atom. The van der Waals surface area contributed by atoms with Gasteiger partial charge in [-0.2, -0.15) is 0 Å². The van der Waals surface area contributed by atoms with Crippen LogP contribution in [-0.2, 0) is 6.42 Å². The van der Waals surface area contributed by atoms with Gasteiger partial charge in [-0.3, -0.25) is 4.98 Å². The number of hydrogen-bond acceptors (Lipinski definition) is 3. The summed E-state index contributed by atoms with van der Waals surface area (Å²) in [5.74, 6) is 0.985. The van der Waals surface area contributed by atoms with Gasteiger partial charge in [-0.15, -0.1) is 0 Å². The third kappa shape index (κ3) is 2.01. The highest BCUT2D eigenvalue weighted by Gasteiger charge is 2.07. The highest BCUT2D eigenvalue weighted by Crippen LogP contribution is 2.27. The molecule has 0 spiro atoms. The lowest BCUT2D eigenvalue weighted by atomic mass is 10.0. The van der Waals surface area contributed by atoms with Crippen LogP contribution in [0.15, 0.2) is 36.7 Å². The largest absolute Gasteiger partial charge is 0.373 e. The molecule has 1 N–H and O–H groups in total. The van der Waals surface area contributed by atoms with Crippen molar-refractivity contribution in [2.75, 3.05) is 12.4 Å². The zero-order valence-electron chi connectivity index (χ0n) is 11.3. The molecule has 0 unspecified atom stereocenters. The van der Waals surface area contributed by atoms with Gasteiger partial charge < -0.3 is 5.32 Å². The SMILES string of the molecule is CCCc1cc2ccc3cnccc3c2nc1NC. The molecule has 0 bridgehead atoms. The summed E-state index contributed by atoms with van der Waals surface area (Å²) < 4.78 is 0. The number of aromatic nitrogens is 2. The van der Waals surface area contributed by atoms with Crippen LogP contribution in [0.1, 0.15) is 18.9 Å². The molecule has 0 aliphatic heterocycles. The second-order valence-electron chi connectivity index (χ2n) is 4.73. The molecule has 3 nitrogen and oxygen atoms in total. The lowest BCUT2D eigenvalue weighted by Crippen LogP contribution is -1.99. The van der Waals surface area contributed by atoms with Gasteiger partial charge >= 0.3 is 0 Å². The maximum absolute atomic E-state index is 4.80. The normalized spacial score (nSPS) is 11.1. The van der Waals surface area contributed by atoms with Crippen molar-refractivity contribution in [1.29, 1.82) is 0 Å². The minimum Gasteiger partial charge on any atom is -0.373 e. The van der Waals surface area contributed by atoms with E-state index in [1.54, 1.807) is 0 Å². The van der Waals surface area contributed by atoms with Crippen molar-refractivity contribution in [1.82, 2.24) is 9.97 Å². The summed E-state index contributed by atoms with van der Waals surface area (Å²) in [6.07, 6.45) is 5.88. The van der Waals surface area contributed by atoms with Crippen LogP contribution in [0, 0.1) is 0 Å². The van der Waals surface area contributed by atoms with Gasteiger partial charge in [0.05, 0.1) is 5.52 Å². The minimum absolute atomic E-state index is 0.985. The Bertz CT molecular complexity index is 734. The second kappa shape index (κ2) is 4.84. The average Bonchev–Trinajstić information content (AvgIpc) is 2.46. The number of anilines is 1. The van der Waals surface area contributed by atoms with Gasteiger partial charge in [0.1, 0.15) is 5.82 Å². The van der Waals surface area contributed by atoms with Gasteiger partial charge in [0.15, 0.2) is 0 Å². The number of rotatable bonds is 3. The lowest BCUT2D eigenvalue weighted by molar-refractivity contribution is 0.919. The molecule has 96 valence electrons. The summed E-state index contributed by atoms with van der Waals surface area (Å²) in [5.41, 5.74) is 2.33. The monoisotopic (exact) mass is 251 g/mol. The lowest BCUT2D eigenvalue weighted by Gasteiger charge is -2.10. The fourth-order valence-corrected chi connectivity index (χ4v) is 2.53. The summed E-state index contributed by atoms with van der Waals surface area (Å²) in [7, 11) is 1.93. The van der Waals surface area contributed by atoms with Crippen molar-refractivity contribution in [3.05, 3.63) is 42.2 Å². The van der Waals surface area contributed by atoms with Gasteiger partial charge in [-0.25, -0.2) is 4.98 Å². The zero-order chi connectivity index (χ0) is 13.2.